The fourth-order valence-corrected chi connectivity index (χ4v) is 3.56. The van der Waals surface area contributed by atoms with Gasteiger partial charge in [-0.15, -0.1) is 0 Å². The molecule has 25 heavy (non-hydrogen) atoms. The topological polar surface area (TPSA) is 32.3 Å². The maximum atomic E-state index is 6.44. The number of likely N-dealkylation sites (N-methyl/N-ethyl adjacent to an activating group) is 1. The van der Waals surface area contributed by atoms with Crippen LogP contribution in [0.1, 0.15) is 0 Å². The van der Waals surface area contributed by atoms with Gasteiger partial charge in [0.15, 0.2) is 5.82 Å². The summed E-state index contributed by atoms with van der Waals surface area (Å²) in [5.74, 6) is 1.54. The Morgan fingerprint density at radius 3 is 2.32 bits per heavy atom. The number of para-hydroxylation sites is 1. The second-order valence-electron chi connectivity index (χ2n) is 6.28. The number of benzene rings is 2. The number of fused-ring (bicyclic) bond motifs is 1. The van der Waals surface area contributed by atoms with Gasteiger partial charge in [0, 0.05) is 37.1 Å². The molecule has 2 heterocycles. The molecule has 0 amide bonds. The first-order valence-corrected chi connectivity index (χ1v) is 9.04. The molecule has 1 aliphatic heterocycles. The summed E-state index contributed by atoms with van der Waals surface area (Å²) in [7, 11) is 2.14. The molecule has 0 radical (unpaired) electrons. The zero-order chi connectivity index (χ0) is 17.4. The van der Waals surface area contributed by atoms with E-state index in [0.29, 0.717) is 15.9 Å². The lowest BCUT2D eigenvalue weighted by molar-refractivity contribution is 0.312. The summed E-state index contributed by atoms with van der Waals surface area (Å²) in [6, 6.07) is 13.5. The highest BCUT2D eigenvalue weighted by Gasteiger charge is 2.20. The smallest absolute Gasteiger partial charge is 0.163 e. The number of rotatable bonds is 2. The van der Waals surface area contributed by atoms with Crippen molar-refractivity contribution >= 4 is 39.9 Å². The highest BCUT2D eigenvalue weighted by atomic mass is 35.5. The Morgan fingerprint density at radius 1 is 0.840 bits per heavy atom. The Kier molecular flexibility index (Phi) is 4.50. The summed E-state index contributed by atoms with van der Waals surface area (Å²) >= 11 is 12.8. The van der Waals surface area contributed by atoms with Gasteiger partial charge in [-0.2, -0.15) is 0 Å². The molecule has 1 aromatic heterocycles. The number of nitrogens with zero attached hydrogens (tertiary/aromatic N) is 4. The molecule has 0 aliphatic carbocycles. The predicted molar refractivity (Wildman–Crippen MR) is 105 cm³/mol. The van der Waals surface area contributed by atoms with E-state index in [4.69, 9.17) is 33.2 Å². The van der Waals surface area contributed by atoms with Crippen LogP contribution in [0.15, 0.2) is 42.5 Å². The van der Waals surface area contributed by atoms with Crippen molar-refractivity contribution in [3.8, 4) is 11.4 Å². The number of hydrogen-bond acceptors (Lipinski definition) is 4. The van der Waals surface area contributed by atoms with E-state index >= 15 is 0 Å². The second kappa shape index (κ2) is 6.79. The minimum absolute atomic E-state index is 0.611. The molecule has 0 unspecified atom stereocenters. The Labute approximate surface area is 157 Å². The predicted octanol–water partition coefficient (Wildman–Crippen LogP) is 4.36. The van der Waals surface area contributed by atoms with Crippen molar-refractivity contribution in [2.75, 3.05) is 38.1 Å². The molecule has 1 saturated heterocycles. The van der Waals surface area contributed by atoms with Gasteiger partial charge in [-0.1, -0.05) is 41.4 Å². The van der Waals surface area contributed by atoms with E-state index in [9.17, 15) is 0 Å². The number of piperazine rings is 1. The zero-order valence-corrected chi connectivity index (χ0v) is 15.4. The van der Waals surface area contributed by atoms with Crippen LogP contribution in [0.25, 0.3) is 22.3 Å². The van der Waals surface area contributed by atoms with Gasteiger partial charge < -0.3 is 9.80 Å². The van der Waals surface area contributed by atoms with Gasteiger partial charge in [0.2, 0.25) is 0 Å². The van der Waals surface area contributed by atoms with Crippen LogP contribution in [0.2, 0.25) is 10.0 Å². The summed E-state index contributed by atoms with van der Waals surface area (Å²) < 4.78 is 0. The van der Waals surface area contributed by atoms with E-state index < -0.39 is 0 Å². The maximum absolute atomic E-state index is 6.44. The Morgan fingerprint density at radius 2 is 1.56 bits per heavy atom. The van der Waals surface area contributed by atoms with Gasteiger partial charge in [-0.05, 0) is 31.3 Å². The highest BCUT2D eigenvalue weighted by Crippen LogP contribution is 2.33. The molecular weight excluding hydrogens is 355 g/mol. The number of anilines is 1. The Hall–Kier alpha value is -1.88. The largest absolute Gasteiger partial charge is 0.353 e. The molecule has 1 aliphatic rings. The highest BCUT2D eigenvalue weighted by molar-refractivity contribution is 6.35. The normalized spacial score (nSPS) is 15.7. The average molecular weight is 373 g/mol. The van der Waals surface area contributed by atoms with E-state index in [1.807, 2.05) is 42.5 Å². The molecular formula is C19H18Cl2N4. The third kappa shape index (κ3) is 3.17. The van der Waals surface area contributed by atoms with Gasteiger partial charge in [0.25, 0.3) is 0 Å². The third-order valence-electron chi connectivity index (χ3n) is 4.57. The molecule has 2 aromatic carbocycles. The molecule has 0 spiro atoms. The number of hydrogen-bond donors (Lipinski definition) is 0. The van der Waals surface area contributed by atoms with Crippen molar-refractivity contribution in [1.29, 1.82) is 0 Å². The fraction of sp³-hybridized carbons (Fsp3) is 0.263. The third-order valence-corrected chi connectivity index (χ3v) is 5.21. The van der Waals surface area contributed by atoms with Crippen molar-refractivity contribution in [3.63, 3.8) is 0 Å². The lowest BCUT2D eigenvalue weighted by Gasteiger charge is -2.34. The lowest BCUT2D eigenvalue weighted by atomic mass is 10.1. The van der Waals surface area contributed by atoms with Crippen LogP contribution < -0.4 is 4.90 Å². The van der Waals surface area contributed by atoms with Crippen molar-refractivity contribution in [2.45, 2.75) is 0 Å². The van der Waals surface area contributed by atoms with Gasteiger partial charge in [0.05, 0.1) is 15.6 Å². The number of halogens is 2. The van der Waals surface area contributed by atoms with Crippen LogP contribution in [0, 0.1) is 0 Å². The summed E-state index contributed by atoms with van der Waals surface area (Å²) in [5, 5.41) is 2.25. The molecule has 0 N–H and O–H groups in total. The molecule has 4 nitrogen and oxygen atoms in total. The number of aromatic nitrogens is 2. The maximum Gasteiger partial charge on any atom is 0.163 e. The molecule has 4 rings (SSSR count). The van der Waals surface area contributed by atoms with Gasteiger partial charge >= 0.3 is 0 Å². The van der Waals surface area contributed by atoms with Crippen molar-refractivity contribution in [2.24, 2.45) is 0 Å². The van der Waals surface area contributed by atoms with E-state index in [1.165, 1.54) is 0 Å². The Balaban J connectivity index is 1.91. The first-order valence-electron chi connectivity index (χ1n) is 8.28. The van der Waals surface area contributed by atoms with E-state index in [1.54, 1.807) is 0 Å². The molecule has 6 heteroatoms. The SMILES string of the molecule is CN1CCN(c2nc(-c3ccccc3Cl)nc3c(Cl)cccc23)CC1. The van der Waals surface area contributed by atoms with E-state index in [0.717, 1.165) is 48.5 Å². The summed E-state index contributed by atoms with van der Waals surface area (Å²) in [6.07, 6.45) is 0. The molecule has 128 valence electrons. The zero-order valence-electron chi connectivity index (χ0n) is 13.9. The monoisotopic (exact) mass is 372 g/mol. The standard InChI is InChI=1S/C19H18Cl2N4/c1-24-9-11-25(12-10-24)19-14-6-4-8-16(21)17(14)22-18(23-19)13-5-2-3-7-15(13)20/h2-8H,9-12H2,1H3. The minimum Gasteiger partial charge on any atom is -0.353 e. The minimum atomic E-state index is 0.611. The van der Waals surface area contributed by atoms with Crippen LogP contribution in [-0.2, 0) is 0 Å². The lowest BCUT2D eigenvalue weighted by Crippen LogP contribution is -2.45. The van der Waals surface area contributed by atoms with Crippen molar-refractivity contribution in [3.05, 3.63) is 52.5 Å². The van der Waals surface area contributed by atoms with Crippen LogP contribution in [0.5, 0.6) is 0 Å². The average Bonchev–Trinajstić information content (AvgIpc) is 2.63. The summed E-state index contributed by atoms with van der Waals surface area (Å²) in [5.41, 5.74) is 1.59. The first kappa shape index (κ1) is 16.6. The second-order valence-corrected chi connectivity index (χ2v) is 7.09. The molecule has 0 saturated carbocycles. The van der Waals surface area contributed by atoms with E-state index in [2.05, 4.69) is 16.8 Å². The molecule has 0 atom stereocenters. The molecule has 1 fully saturated rings. The van der Waals surface area contributed by atoms with Gasteiger partial charge in [-0.3, -0.25) is 0 Å². The van der Waals surface area contributed by atoms with Gasteiger partial charge in [-0.25, -0.2) is 9.97 Å². The fourth-order valence-electron chi connectivity index (χ4n) is 3.12. The molecule has 3 aromatic rings. The van der Waals surface area contributed by atoms with Crippen molar-refractivity contribution < 1.29 is 0 Å². The van der Waals surface area contributed by atoms with Crippen LogP contribution in [-0.4, -0.2) is 48.1 Å². The first-order chi connectivity index (χ1) is 12.1. The summed E-state index contributed by atoms with van der Waals surface area (Å²) in [6.45, 7) is 3.87. The Bertz CT molecular complexity index is 920. The van der Waals surface area contributed by atoms with Crippen LogP contribution in [0.3, 0.4) is 0 Å². The van der Waals surface area contributed by atoms with Crippen molar-refractivity contribution in [1.82, 2.24) is 14.9 Å². The van der Waals surface area contributed by atoms with Gasteiger partial charge in [0.1, 0.15) is 5.82 Å². The van der Waals surface area contributed by atoms with Crippen LogP contribution >= 0.6 is 23.2 Å². The summed E-state index contributed by atoms with van der Waals surface area (Å²) in [4.78, 5) is 14.2. The van der Waals surface area contributed by atoms with Crippen LogP contribution in [0.4, 0.5) is 5.82 Å². The molecule has 0 bridgehead atoms. The van der Waals surface area contributed by atoms with E-state index in [-0.39, 0.29) is 0 Å². The quantitative estimate of drug-likeness (QED) is 0.668.